The molecule has 0 saturated carbocycles. The largest absolute Gasteiger partial charge is 0.0999 e. The van der Waals surface area contributed by atoms with Crippen molar-refractivity contribution in [3.05, 3.63) is 24.3 Å². The van der Waals surface area contributed by atoms with Gasteiger partial charge < -0.3 is 0 Å². The fourth-order valence-corrected chi connectivity index (χ4v) is 0.541. The summed E-state index contributed by atoms with van der Waals surface area (Å²) in [5.41, 5.74) is 1.27. The van der Waals surface area contributed by atoms with Crippen molar-refractivity contribution in [3.8, 4) is 0 Å². The first-order valence-electron chi connectivity index (χ1n) is 3.45. The van der Waals surface area contributed by atoms with E-state index in [1.165, 1.54) is 5.57 Å². The van der Waals surface area contributed by atoms with Crippen molar-refractivity contribution in [3.63, 3.8) is 0 Å². The lowest BCUT2D eigenvalue weighted by atomic mass is 10.0. The van der Waals surface area contributed by atoms with Crippen LogP contribution in [0.25, 0.3) is 0 Å². The maximum absolute atomic E-state index is 3.87. The Bertz CT molecular complexity index is 109. The highest BCUT2D eigenvalue weighted by Crippen LogP contribution is 2.11. The molecule has 9 heavy (non-hydrogen) atoms. The molecule has 0 spiro atoms. The second kappa shape index (κ2) is 4.37. The maximum atomic E-state index is 3.87. The van der Waals surface area contributed by atoms with Crippen LogP contribution in [-0.2, 0) is 0 Å². The van der Waals surface area contributed by atoms with Crippen LogP contribution in [-0.4, -0.2) is 0 Å². The Kier molecular flexibility index (Phi) is 4.12. The van der Waals surface area contributed by atoms with Gasteiger partial charge in [0.2, 0.25) is 0 Å². The van der Waals surface area contributed by atoms with E-state index in [1.807, 2.05) is 6.92 Å². The molecule has 52 valence electrons. The van der Waals surface area contributed by atoms with Crippen LogP contribution < -0.4 is 0 Å². The summed E-state index contributed by atoms with van der Waals surface area (Å²) in [6.45, 7) is 10.2. The molecule has 0 aliphatic rings. The summed E-state index contributed by atoms with van der Waals surface area (Å²) in [5.74, 6) is 0.640. The third-order valence-corrected chi connectivity index (χ3v) is 1.57. The minimum atomic E-state index is 0.640. The first kappa shape index (κ1) is 8.48. The highest BCUT2D eigenvalue weighted by atomic mass is 14.0. The van der Waals surface area contributed by atoms with Gasteiger partial charge in [-0.15, -0.1) is 0 Å². The molecule has 0 saturated heterocycles. The minimum Gasteiger partial charge on any atom is -0.0999 e. The molecule has 0 aliphatic carbocycles. The molecule has 0 nitrogen and oxygen atoms in total. The van der Waals surface area contributed by atoms with Crippen LogP contribution in [0, 0.1) is 5.92 Å². The first-order valence-corrected chi connectivity index (χ1v) is 3.45. The Morgan fingerprint density at radius 1 is 1.67 bits per heavy atom. The number of rotatable bonds is 3. The Hall–Kier alpha value is -0.520. The molecule has 1 unspecified atom stereocenters. The average Bonchev–Trinajstić information content (AvgIpc) is 1.82. The Balaban J connectivity index is 3.50. The summed E-state index contributed by atoms with van der Waals surface area (Å²) < 4.78 is 0. The van der Waals surface area contributed by atoms with Crippen LogP contribution in [0.2, 0.25) is 0 Å². The van der Waals surface area contributed by atoms with E-state index in [2.05, 4.69) is 32.6 Å². The van der Waals surface area contributed by atoms with Crippen molar-refractivity contribution in [2.45, 2.75) is 27.2 Å². The predicted octanol–water partition coefficient (Wildman–Crippen LogP) is 3.16. The summed E-state index contributed by atoms with van der Waals surface area (Å²) in [4.78, 5) is 0. The van der Waals surface area contributed by atoms with E-state index >= 15 is 0 Å². The Labute approximate surface area is 58.3 Å². The average molecular weight is 124 g/mol. The molecule has 0 heterocycles. The number of hydrogen-bond donors (Lipinski definition) is 0. The third kappa shape index (κ3) is 4.01. The molecular weight excluding hydrogens is 108 g/mol. The summed E-state index contributed by atoms with van der Waals surface area (Å²) in [5, 5.41) is 0. The molecular formula is C9H16. The molecule has 0 radical (unpaired) electrons. The molecule has 1 atom stereocenters. The summed E-state index contributed by atoms with van der Waals surface area (Å²) in [6.07, 6.45) is 5.39. The van der Waals surface area contributed by atoms with Gasteiger partial charge in [0.1, 0.15) is 0 Å². The van der Waals surface area contributed by atoms with Gasteiger partial charge in [-0.25, -0.2) is 0 Å². The van der Waals surface area contributed by atoms with E-state index in [4.69, 9.17) is 0 Å². The zero-order chi connectivity index (χ0) is 7.28. The number of allylic oxidation sites excluding steroid dienone is 3. The lowest BCUT2D eigenvalue weighted by Crippen LogP contribution is -1.91. The molecule has 0 fully saturated rings. The molecule has 0 heteroatoms. The minimum absolute atomic E-state index is 0.640. The highest BCUT2D eigenvalue weighted by Gasteiger charge is 1.96. The molecule has 0 bridgehead atoms. The van der Waals surface area contributed by atoms with Crippen molar-refractivity contribution < 1.29 is 0 Å². The molecule has 0 amide bonds. The fraction of sp³-hybridized carbons (Fsp3) is 0.556. The van der Waals surface area contributed by atoms with Crippen molar-refractivity contribution >= 4 is 0 Å². The van der Waals surface area contributed by atoms with E-state index in [0.29, 0.717) is 5.92 Å². The Morgan fingerprint density at radius 2 is 2.22 bits per heavy atom. The lowest BCUT2D eigenvalue weighted by Gasteiger charge is -2.05. The van der Waals surface area contributed by atoms with Gasteiger partial charge in [-0.1, -0.05) is 31.2 Å². The van der Waals surface area contributed by atoms with E-state index in [0.717, 1.165) is 6.42 Å². The van der Waals surface area contributed by atoms with Gasteiger partial charge in [-0.05, 0) is 26.2 Å². The van der Waals surface area contributed by atoms with Gasteiger partial charge >= 0.3 is 0 Å². The fourth-order valence-electron chi connectivity index (χ4n) is 0.541. The highest BCUT2D eigenvalue weighted by molar-refractivity contribution is 4.97. The molecule has 0 rings (SSSR count). The molecule has 0 aliphatic heterocycles. The van der Waals surface area contributed by atoms with E-state index in [-0.39, 0.29) is 0 Å². The third-order valence-electron chi connectivity index (χ3n) is 1.57. The van der Waals surface area contributed by atoms with Crippen LogP contribution in [0.1, 0.15) is 27.2 Å². The van der Waals surface area contributed by atoms with E-state index < -0.39 is 0 Å². The van der Waals surface area contributed by atoms with Crippen molar-refractivity contribution in [2.24, 2.45) is 5.92 Å². The monoisotopic (exact) mass is 124 g/mol. The van der Waals surface area contributed by atoms with Gasteiger partial charge in [-0.2, -0.15) is 0 Å². The summed E-state index contributed by atoms with van der Waals surface area (Å²) in [7, 11) is 0. The maximum Gasteiger partial charge on any atom is -0.0203 e. The normalized spacial score (nSPS) is 14.1. The van der Waals surface area contributed by atoms with Gasteiger partial charge in [0.05, 0.1) is 0 Å². The summed E-state index contributed by atoms with van der Waals surface area (Å²) >= 11 is 0. The van der Waals surface area contributed by atoms with Gasteiger partial charge in [0.15, 0.2) is 0 Å². The predicted molar refractivity (Wildman–Crippen MR) is 43.4 cm³/mol. The number of hydrogen-bond acceptors (Lipinski definition) is 0. The second-order valence-corrected chi connectivity index (χ2v) is 2.55. The zero-order valence-electron chi connectivity index (χ0n) is 6.65. The van der Waals surface area contributed by atoms with E-state index in [1.54, 1.807) is 0 Å². The molecule has 0 N–H and O–H groups in total. The molecule has 0 aromatic carbocycles. The van der Waals surface area contributed by atoms with Crippen LogP contribution in [0.5, 0.6) is 0 Å². The smallest absolute Gasteiger partial charge is 0.0203 e. The van der Waals surface area contributed by atoms with Gasteiger partial charge in [-0.3, -0.25) is 0 Å². The van der Waals surface area contributed by atoms with Crippen LogP contribution in [0.15, 0.2) is 24.3 Å². The zero-order valence-corrected chi connectivity index (χ0v) is 6.65. The van der Waals surface area contributed by atoms with Gasteiger partial charge in [0.25, 0.3) is 0 Å². The second-order valence-electron chi connectivity index (χ2n) is 2.55. The van der Waals surface area contributed by atoms with Crippen molar-refractivity contribution in [1.29, 1.82) is 0 Å². The molecule has 0 aromatic heterocycles. The quantitative estimate of drug-likeness (QED) is 0.507. The van der Waals surface area contributed by atoms with Crippen molar-refractivity contribution in [1.82, 2.24) is 0 Å². The van der Waals surface area contributed by atoms with Gasteiger partial charge in [0, 0.05) is 0 Å². The van der Waals surface area contributed by atoms with E-state index in [9.17, 15) is 0 Å². The van der Waals surface area contributed by atoms with Crippen molar-refractivity contribution in [2.75, 3.05) is 0 Å². The SMILES string of the molecule is C=C(C)C(C)CC=CC. The summed E-state index contributed by atoms with van der Waals surface area (Å²) in [6, 6.07) is 0. The standard InChI is InChI=1S/C9H16/c1-5-6-7-9(4)8(2)3/h5-6,9H,2,7H2,1,3-4H3. The Morgan fingerprint density at radius 3 is 2.56 bits per heavy atom. The first-order chi connectivity index (χ1) is 4.18. The molecule has 0 aromatic rings. The topological polar surface area (TPSA) is 0 Å². The van der Waals surface area contributed by atoms with Crippen LogP contribution in [0.4, 0.5) is 0 Å². The lowest BCUT2D eigenvalue weighted by molar-refractivity contribution is 0.697. The van der Waals surface area contributed by atoms with Crippen LogP contribution >= 0.6 is 0 Å². The van der Waals surface area contributed by atoms with Crippen LogP contribution in [0.3, 0.4) is 0 Å².